The smallest absolute Gasteiger partial charge is 0.265 e. The Labute approximate surface area is 111 Å². The van der Waals surface area contributed by atoms with E-state index in [1.54, 1.807) is 38.1 Å². The van der Waals surface area contributed by atoms with Crippen molar-refractivity contribution in [1.82, 2.24) is 10.2 Å². The topological polar surface area (TPSA) is 95.1 Å². The molecule has 0 spiro atoms. The molecule has 0 radical (unpaired) electrons. The number of anilines is 1. The predicted octanol–water partition coefficient (Wildman–Crippen LogP) is 1.57. The zero-order valence-corrected chi connectivity index (χ0v) is 11.4. The predicted molar refractivity (Wildman–Crippen MR) is 71.2 cm³/mol. The van der Waals surface area contributed by atoms with Crippen molar-refractivity contribution in [2.75, 3.05) is 4.72 Å². The number of nitrogens with one attached hydrogen (secondary N) is 2. The summed E-state index contributed by atoms with van der Waals surface area (Å²) in [6.07, 6.45) is 0.607. The monoisotopic (exact) mass is 281 g/mol. The van der Waals surface area contributed by atoms with Gasteiger partial charge in [0.15, 0.2) is 0 Å². The van der Waals surface area contributed by atoms with E-state index in [4.69, 9.17) is 0 Å². The first-order chi connectivity index (χ1) is 8.90. The minimum atomic E-state index is -3.67. The maximum absolute atomic E-state index is 12.1. The maximum atomic E-state index is 12.1. The normalized spacial score (nSPS) is 13.2. The first-order valence-electron chi connectivity index (χ1n) is 5.71. The van der Waals surface area contributed by atoms with Gasteiger partial charge in [0.1, 0.15) is 4.90 Å². The molecule has 0 aliphatic rings. The summed E-state index contributed by atoms with van der Waals surface area (Å²) in [5, 5.41) is 15.8. The summed E-state index contributed by atoms with van der Waals surface area (Å²) in [6, 6.07) is 6.63. The van der Waals surface area contributed by atoms with Crippen LogP contribution in [0.4, 0.5) is 5.69 Å². The molecular formula is C12H15N3O3S. The average molecular weight is 281 g/mol. The van der Waals surface area contributed by atoms with Crippen LogP contribution in [0, 0.1) is 6.92 Å². The van der Waals surface area contributed by atoms with E-state index in [0.29, 0.717) is 16.9 Å². The quantitative estimate of drug-likeness (QED) is 0.792. The van der Waals surface area contributed by atoms with Crippen LogP contribution in [0.2, 0.25) is 0 Å². The summed E-state index contributed by atoms with van der Waals surface area (Å²) in [7, 11) is -3.67. The fraction of sp³-hybridized carbons (Fsp3) is 0.250. The zero-order chi connectivity index (χ0) is 14.0. The molecule has 102 valence electrons. The molecule has 0 bridgehead atoms. The van der Waals surface area contributed by atoms with Crippen LogP contribution in [0.1, 0.15) is 24.3 Å². The van der Waals surface area contributed by atoms with E-state index in [9.17, 15) is 13.5 Å². The van der Waals surface area contributed by atoms with E-state index in [0.717, 1.165) is 0 Å². The largest absolute Gasteiger partial charge is 0.389 e. The summed E-state index contributed by atoms with van der Waals surface area (Å²) in [5.41, 5.74) is 1.52. The molecule has 7 heteroatoms. The number of aromatic amines is 1. The minimum Gasteiger partial charge on any atom is -0.389 e. The molecule has 6 nitrogen and oxygen atoms in total. The lowest BCUT2D eigenvalue weighted by Crippen LogP contribution is -2.13. The van der Waals surface area contributed by atoms with Gasteiger partial charge in [-0.1, -0.05) is 12.1 Å². The van der Waals surface area contributed by atoms with E-state index in [1.165, 1.54) is 6.20 Å². The van der Waals surface area contributed by atoms with Crippen molar-refractivity contribution in [3.63, 3.8) is 0 Å². The second kappa shape index (κ2) is 5.02. The van der Waals surface area contributed by atoms with Crippen molar-refractivity contribution >= 4 is 15.7 Å². The number of benzene rings is 1. The minimum absolute atomic E-state index is 0.106. The van der Waals surface area contributed by atoms with Crippen LogP contribution < -0.4 is 4.72 Å². The van der Waals surface area contributed by atoms with E-state index in [2.05, 4.69) is 14.9 Å². The molecule has 0 aliphatic heterocycles. The molecule has 1 aromatic carbocycles. The molecule has 1 heterocycles. The molecule has 2 rings (SSSR count). The molecule has 2 aromatic rings. The van der Waals surface area contributed by atoms with Crippen molar-refractivity contribution in [1.29, 1.82) is 0 Å². The van der Waals surface area contributed by atoms with E-state index >= 15 is 0 Å². The fourth-order valence-corrected chi connectivity index (χ4v) is 2.87. The standard InChI is InChI=1S/C12H15N3O3S/c1-8-12(7-13-14-8)19(17,18)15-11-5-3-4-10(6-11)9(2)16/h3-7,9,15-16H,1-2H3,(H,13,14). The molecule has 0 saturated carbocycles. The molecule has 0 aliphatic carbocycles. The van der Waals surface area contributed by atoms with Crippen LogP contribution in [-0.2, 0) is 10.0 Å². The van der Waals surface area contributed by atoms with Crippen LogP contribution in [0.25, 0.3) is 0 Å². The van der Waals surface area contributed by atoms with Crippen LogP contribution in [0.15, 0.2) is 35.4 Å². The second-order valence-electron chi connectivity index (χ2n) is 4.27. The third-order valence-electron chi connectivity index (χ3n) is 2.69. The Bertz CT molecular complexity index is 677. The van der Waals surface area contributed by atoms with E-state index in [-0.39, 0.29) is 4.90 Å². The maximum Gasteiger partial charge on any atom is 0.265 e. The SMILES string of the molecule is Cc1[nH]ncc1S(=O)(=O)Nc1cccc(C(C)O)c1. The Morgan fingerprint density at radius 2 is 2.16 bits per heavy atom. The lowest BCUT2D eigenvalue weighted by molar-refractivity contribution is 0.199. The van der Waals surface area contributed by atoms with Gasteiger partial charge in [-0.25, -0.2) is 8.42 Å². The lowest BCUT2D eigenvalue weighted by Gasteiger charge is -2.10. The Balaban J connectivity index is 2.31. The molecule has 1 atom stereocenters. The van der Waals surface area contributed by atoms with Gasteiger partial charge in [-0.05, 0) is 31.5 Å². The number of rotatable bonds is 4. The molecule has 0 fully saturated rings. The highest BCUT2D eigenvalue weighted by Gasteiger charge is 2.18. The molecule has 0 saturated heterocycles. The van der Waals surface area contributed by atoms with Gasteiger partial charge < -0.3 is 5.11 Å². The van der Waals surface area contributed by atoms with Crippen molar-refractivity contribution < 1.29 is 13.5 Å². The van der Waals surface area contributed by atoms with Gasteiger partial charge >= 0.3 is 0 Å². The number of aryl methyl sites for hydroxylation is 1. The van der Waals surface area contributed by atoms with Gasteiger partial charge in [-0.15, -0.1) is 0 Å². The van der Waals surface area contributed by atoms with E-state index < -0.39 is 16.1 Å². The highest BCUT2D eigenvalue weighted by Crippen LogP contribution is 2.21. The van der Waals surface area contributed by atoms with Crippen LogP contribution >= 0.6 is 0 Å². The van der Waals surface area contributed by atoms with Gasteiger partial charge in [0, 0.05) is 5.69 Å². The Morgan fingerprint density at radius 3 is 2.74 bits per heavy atom. The van der Waals surface area contributed by atoms with Gasteiger partial charge in [0.25, 0.3) is 10.0 Å². The summed E-state index contributed by atoms with van der Waals surface area (Å²) in [5.74, 6) is 0. The number of aromatic nitrogens is 2. The highest BCUT2D eigenvalue weighted by atomic mass is 32.2. The molecule has 0 amide bonds. The fourth-order valence-electron chi connectivity index (χ4n) is 1.68. The zero-order valence-electron chi connectivity index (χ0n) is 10.6. The van der Waals surface area contributed by atoms with Crippen LogP contribution in [0.3, 0.4) is 0 Å². The van der Waals surface area contributed by atoms with Crippen LogP contribution in [-0.4, -0.2) is 23.7 Å². The highest BCUT2D eigenvalue weighted by molar-refractivity contribution is 7.92. The Kier molecular flexibility index (Phi) is 3.59. The summed E-state index contributed by atoms with van der Waals surface area (Å²) >= 11 is 0. The third-order valence-corrected chi connectivity index (χ3v) is 4.19. The summed E-state index contributed by atoms with van der Waals surface area (Å²) in [4.78, 5) is 0.106. The van der Waals surface area contributed by atoms with Crippen molar-refractivity contribution in [2.24, 2.45) is 0 Å². The number of nitrogens with zero attached hydrogens (tertiary/aromatic N) is 1. The van der Waals surface area contributed by atoms with Crippen LogP contribution in [0.5, 0.6) is 0 Å². The number of hydrogen-bond acceptors (Lipinski definition) is 4. The molecule has 1 unspecified atom stereocenters. The lowest BCUT2D eigenvalue weighted by atomic mass is 10.1. The van der Waals surface area contributed by atoms with Gasteiger partial charge in [-0.2, -0.15) is 5.10 Å². The van der Waals surface area contributed by atoms with Crippen molar-refractivity contribution in [3.05, 3.63) is 41.7 Å². The van der Waals surface area contributed by atoms with Crippen molar-refractivity contribution in [2.45, 2.75) is 24.8 Å². The first kappa shape index (κ1) is 13.6. The molecule has 19 heavy (non-hydrogen) atoms. The average Bonchev–Trinajstić information content (AvgIpc) is 2.76. The number of sulfonamides is 1. The Morgan fingerprint density at radius 1 is 1.42 bits per heavy atom. The molecular weight excluding hydrogens is 266 g/mol. The van der Waals surface area contributed by atoms with Crippen molar-refractivity contribution in [3.8, 4) is 0 Å². The van der Waals surface area contributed by atoms with Gasteiger partial charge in [0.2, 0.25) is 0 Å². The summed E-state index contributed by atoms with van der Waals surface area (Å²) in [6.45, 7) is 3.25. The molecule has 3 N–H and O–H groups in total. The number of H-pyrrole nitrogens is 1. The van der Waals surface area contributed by atoms with Gasteiger partial charge in [0.05, 0.1) is 18.0 Å². The number of hydrogen-bond donors (Lipinski definition) is 3. The van der Waals surface area contributed by atoms with Gasteiger partial charge in [-0.3, -0.25) is 9.82 Å². The van der Waals surface area contributed by atoms with E-state index in [1.807, 2.05) is 0 Å². The number of aliphatic hydroxyl groups is 1. The summed E-state index contributed by atoms with van der Waals surface area (Å²) < 4.78 is 26.7. The number of aliphatic hydroxyl groups excluding tert-OH is 1. The first-order valence-corrected chi connectivity index (χ1v) is 7.19. The second-order valence-corrected chi connectivity index (χ2v) is 5.92. The Hall–Kier alpha value is -1.86. The third kappa shape index (κ3) is 2.94. The molecule has 1 aromatic heterocycles.